The Kier molecular flexibility index (Phi) is 2.31. The topological polar surface area (TPSA) is 27.6 Å². The molecule has 0 unspecified atom stereocenters. The van der Waals surface area contributed by atoms with E-state index in [4.69, 9.17) is 0 Å². The molecular formula is C7H13N3. The predicted molar refractivity (Wildman–Crippen MR) is 42.6 cm³/mol. The molecule has 0 fully saturated rings. The SMILES string of the molecule is C/C=C1/CNC=NN1CC. The third-order valence-corrected chi connectivity index (χ3v) is 1.54. The molecule has 0 saturated carbocycles. The molecule has 10 heavy (non-hydrogen) atoms. The van der Waals surface area contributed by atoms with E-state index >= 15 is 0 Å². The van der Waals surface area contributed by atoms with Crippen LogP contribution in [0.25, 0.3) is 0 Å². The van der Waals surface area contributed by atoms with Gasteiger partial charge in [0.15, 0.2) is 0 Å². The van der Waals surface area contributed by atoms with E-state index in [-0.39, 0.29) is 0 Å². The Balaban J connectivity index is 2.65. The predicted octanol–water partition coefficient (Wildman–Crippen LogP) is 0.759. The first-order valence-electron chi connectivity index (χ1n) is 3.57. The normalized spacial score (nSPS) is 21.4. The molecule has 3 heteroatoms. The van der Waals surface area contributed by atoms with Crippen LogP contribution < -0.4 is 5.32 Å². The van der Waals surface area contributed by atoms with Crippen LogP contribution in [0.2, 0.25) is 0 Å². The van der Waals surface area contributed by atoms with E-state index in [9.17, 15) is 0 Å². The van der Waals surface area contributed by atoms with Gasteiger partial charge in [-0.15, -0.1) is 0 Å². The molecule has 0 radical (unpaired) electrons. The molecule has 3 nitrogen and oxygen atoms in total. The fraction of sp³-hybridized carbons (Fsp3) is 0.571. The van der Waals surface area contributed by atoms with E-state index in [1.165, 1.54) is 5.70 Å². The van der Waals surface area contributed by atoms with Crippen LogP contribution in [-0.4, -0.2) is 24.4 Å². The second-order valence-corrected chi connectivity index (χ2v) is 2.12. The largest absolute Gasteiger partial charge is 0.369 e. The maximum atomic E-state index is 4.13. The van der Waals surface area contributed by atoms with E-state index in [1.54, 1.807) is 6.34 Å². The van der Waals surface area contributed by atoms with Gasteiger partial charge in [0, 0.05) is 6.54 Å². The molecule has 0 aromatic heterocycles. The summed E-state index contributed by atoms with van der Waals surface area (Å²) < 4.78 is 0. The lowest BCUT2D eigenvalue weighted by molar-refractivity contribution is 0.363. The third-order valence-electron chi connectivity index (χ3n) is 1.54. The van der Waals surface area contributed by atoms with Crippen LogP contribution in [0.15, 0.2) is 16.9 Å². The highest BCUT2D eigenvalue weighted by atomic mass is 15.5. The van der Waals surface area contributed by atoms with Crippen molar-refractivity contribution < 1.29 is 0 Å². The number of allylic oxidation sites excluding steroid dienone is 1. The van der Waals surface area contributed by atoms with Crippen LogP contribution in [0, 0.1) is 0 Å². The zero-order chi connectivity index (χ0) is 7.40. The number of rotatable bonds is 1. The standard InChI is InChI=1S/C7H13N3/c1-3-7-5-8-6-9-10(7)4-2/h3,6H,4-5H2,1-2H3,(H,8,9)/b7-3-. The Morgan fingerprint density at radius 1 is 1.90 bits per heavy atom. The van der Waals surface area contributed by atoms with Gasteiger partial charge in [-0.25, -0.2) is 0 Å². The summed E-state index contributed by atoms with van der Waals surface area (Å²) in [5, 5.41) is 9.16. The molecule has 0 amide bonds. The van der Waals surface area contributed by atoms with Crippen LogP contribution in [0.3, 0.4) is 0 Å². The van der Waals surface area contributed by atoms with Crippen molar-refractivity contribution in [2.24, 2.45) is 5.10 Å². The summed E-state index contributed by atoms with van der Waals surface area (Å²) >= 11 is 0. The molecule has 1 rings (SSSR count). The van der Waals surface area contributed by atoms with Crippen molar-refractivity contribution in [2.45, 2.75) is 13.8 Å². The maximum Gasteiger partial charge on any atom is 0.109 e. The lowest BCUT2D eigenvalue weighted by Crippen LogP contribution is -2.31. The molecule has 1 aliphatic rings. The molecule has 0 saturated heterocycles. The fourth-order valence-corrected chi connectivity index (χ4v) is 0.962. The number of hydrogen-bond donors (Lipinski definition) is 1. The maximum absolute atomic E-state index is 4.13. The highest BCUT2D eigenvalue weighted by molar-refractivity contribution is 5.55. The first kappa shape index (κ1) is 7.12. The summed E-state index contributed by atoms with van der Waals surface area (Å²) in [4.78, 5) is 0. The minimum absolute atomic E-state index is 0.897. The molecule has 0 spiro atoms. The average Bonchev–Trinajstić information content (AvgIpc) is 2.04. The Morgan fingerprint density at radius 3 is 3.20 bits per heavy atom. The lowest BCUT2D eigenvalue weighted by Gasteiger charge is -2.23. The Labute approximate surface area is 61.4 Å². The number of hydrazone groups is 1. The summed E-state index contributed by atoms with van der Waals surface area (Å²) in [5.41, 5.74) is 1.24. The second-order valence-electron chi connectivity index (χ2n) is 2.12. The van der Waals surface area contributed by atoms with E-state index in [0.29, 0.717) is 0 Å². The second kappa shape index (κ2) is 3.25. The molecule has 0 bridgehead atoms. The number of likely N-dealkylation sites (N-methyl/N-ethyl adjacent to an activating group) is 1. The molecule has 0 aliphatic carbocycles. The monoisotopic (exact) mass is 139 g/mol. The van der Waals surface area contributed by atoms with Gasteiger partial charge >= 0.3 is 0 Å². The van der Waals surface area contributed by atoms with Gasteiger partial charge in [-0.05, 0) is 13.8 Å². The molecule has 0 aromatic rings. The van der Waals surface area contributed by atoms with Crippen molar-refractivity contribution in [2.75, 3.05) is 13.1 Å². The minimum atomic E-state index is 0.897. The van der Waals surface area contributed by atoms with Gasteiger partial charge in [0.25, 0.3) is 0 Å². The van der Waals surface area contributed by atoms with Crippen molar-refractivity contribution in [1.29, 1.82) is 0 Å². The van der Waals surface area contributed by atoms with Gasteiger partial charge in [-0.2, -0.15) is 5.10 Å². The van der Waals surface area contributed by atoms with E-state index in [1.807, 2.05) is 11.9 Å². The minimum Gasteiger partial charge on any atom is -0.369 e. The molecular weight excluding hydrogens is 126 g/mol. The van der Waals surface area contributed by atoms with Crippen LogP contribution in [0.1, 0.15) is 13.8 Å². The van der Waals surface area contributed by atoms with Gasteiger partial charge in [0.1, 0.15) is 6.34 Å². The van der Waals surface area contributed by atoms with Crippen molar-refractivity contribution in [3.63, 3.8) is 0 Å². The van der Waals surface area contributed by atoms with Crippen molar-refractivity contribution in [3.05, 3.63) is 11.8 Å². The number of hydrogen-bond acceptors (Lipinski definition) is 3. The van der Waals surface area contributed by atoms with E-state index in [2.05, 4.69) is 23.4 Å². The van der Waals surface area contributed by atoms with Gasteiger partial charge in [0.2, 0.25) is 0 Å². The Bertz CT molecular complexity index is 160. The quantitative estimate of drug-likeness (QED) is 0.580. The molecule has 0 aromatic carbocycles. The molecule has 56 valence electrons. The van der Waals surface area contributed by atoms with E-state index in [0.717, 1.165) is 13.1 Å². The average molecular weight is 139 g/mol. The van der Waals surface area contributed by atoms with Crippen molar-refractivity contribution in [1.82, 2.24) is 10.3 Å². The lowest BCUT2D eigenvalue weighted by atomic mass is 10.3. The Morgan fingerprint density at radius 2 is 2.70 bits per heavy atom. The summed E-state index contributed by atoms with van der Waals surface area (Å²) in [6, 6.07) is 0. The van der Waals surface area contributed by atoms with Gasteiger partial charge in [0.05, 0.1) is 12.2 Å². The summed E-state index contributed by atoms with van der Waals surface area (Å²) in [6.07, 6.45) is 3.81. The van der Waals surface area contributed by atoms with Crippen LogP contribution in [-0.2, 0) is 0 Å². The van der Waals surface area contributed by atoms with Crippen molar-refractivity contribution in [3.8, 4) is 0 Å². The molecule has 1 heterocycles. The van der Waals surface area contributed by atoms with Crippen LogP contribution >= 0.6 is 0 Å². The summed E-state index contributed by atoms with van der Waals surface area (Å²) in [6.45, 7) is 5.96. The molecule has 0 atom stereocenters. The number of nitrogens with zero attached hydrogens (tertiary/aromatic N) is 2. The van der Waals surface area contributed by atoms with Gasteiger partial charge in [-0.3, -0.25) is 5.01 Å². The zero-order valence-electron chi connectivity index (χ0n) is 6.46. The van der Waals surface area contributed by atoms with Gasteiger partial charge < -0.3 is 5.32 Å². The molecule has 1 aliphatic heterocycles. The van der Waals surface area contributed by atoms with Crippen molar-refractivity contribution >= 4 is 6.34 Å². The third kappa shape index (κ3) is 1.29. The first-order valence-corrected chi connectivity index (χ1v) is 3.57. The zero-order valence-corrected chi connectivity index (χ0v) is 6.46. The highest BCUT2D eigenvalue weighted by Gasteiger charge is 2.06. The summed E-state index contributed by atoms with van der Waals surface area (Å²) in [5.74, 6) is 0. The first-order chi connectivity index (χ1) is 4.88. The highest BCUT2D eigenvalue weighted by Crippen LogP contribution is 2.04. The Hall–Kier alpha value is -0.990. The smallest absolute Gasteiger partial charge is 0.109 e. The van der Waals surface area contributed by atoms with Crippen LogP contribution in [0.4, 0.5) is 0 Å². The van der Waals surface area contributed by atoms with Gasteiger partial charge in [-0.1, -0.05) is 6.08 Å². The summed E-state index contributed by atoms with van der Waals surface area (Å²) in [7, 11) is 0. The van der Waals surface area contributed by atoms with Crippen LogP contribution in [0.5, 0.6) is 0 Å². The fourth-order valence-electron chi connectivity index (χ4n) is 0.962. The molecule has 1 N–H and O–H groups in total. The van der Waals surface area contributed by atoms with E-state index < -0.39 is 0 Å². The number of nitrogens with one attached hydrogen (secondary N) is 1.